The number of aliphatic hydroxyl groups excluding tert-OH is 1. The maximum atomic E-state index is 9.49. The molecule has 1 heterocycles. The number of hydrogen-bond donors (Lipinski definition) is 1. The van der Waals surface area contributed by atoms with Gasteiger partial charge in [-0.3, -0.25) is 0 Å². The van der Waals surface area contributed by atoms with Crippen molar-refractivity contribution in [1.82, 2.24) is 0 Å². The van der Waals surface area contributed by atoms with Crippen LogP contribution in [-0.4, -0.2) is 5.11 Å². The van der Waals surface area contributed by atoms with Crippen molar-refractivity contribution in [2.24, 2.45) is 0 Å². The monoisotopic (exact) mass is 412 g/mol. The summed E-state index contributed by atoms with van der Waals surface area (Å²) in [7, 11) is 0. The van der Waals surface area contributed by atoms with Crippen molar-refractivity contribution in [2.45, 2.75) is 19.4 Å². The van der Waals surface area contributed by atoms with Gasteiger partial charge in [0, 0.05) is 16.9 Å². The SMILES string of the molecule is C=C(O)CCc1ccccc1-c1csc(-c2ccccc2OCc2ccccc2)c1. The van der Waals surface area contributed by atoms with E-state index in [2.05, 4.69) is 54.4 Å². The third kappa shape index (κ3) is 4.81. The molecule has 0 unspecified atom stereocenters. The molecule has 0 aliphatic carbocycles. The number of rotatable bonds is 8. The summed E-state index contributed by atoms with van der Waals surface area (Å²) in [6, 6.07) is 29.0. The second-order valence-electron chi connectivity index (χ2n) is 7.19. The Bertz CT molecular complexity index is 1130. The molecule has 150 valence electrons. The molecule has 4 rings (SSSR count). The maximum Gasteiger partial charge on any atom is 0.128 e. The van der Waals surface area contributed by atoms with Crippen LogP contribution in [-0.2, 0) is 13.0 Å². The Balaban J connectivity index is 1.59. The topological polar surface area (TPSA) is 29.5 Å². The standard InChI is InChI=1S/C27H24O2S/c1-20(28)15-16-22-11-5-6-12-24(22)23-17-27(30-19-23)25-13-7-8-14-26(25)29-18-21-9-3-2-4-10-21/h2-14,17,19,28H,1,15-16,18H2. The molecule has 4 aromatic rings. The van der Waals surface area contributed by atoms with E-state index in [1.165, 1.54) is 21.6 Å². The van der Waals surface area contributed by atoms with Gasteiger partial charge in [0.25, 0.3) is 0 Å². The minimum absolute atomic E-state index is 0.223. The summed E-state index contributed by atoms with van der Waals surface area (Å²) in [5, 5.41) is 11.7. The molecule has 3 heteroatoms. The lowest BCUT2D eigenvalue weighted by Crippen LogP contribution is -1.96. The fourth-order valence-corrected chi connectivity index (χ4v) is 4.39. The van der Waals surface area contributed by atoms with Gasteiger partial charge in [-0.05, 0) is 52.3 Å². The summed E-state index contributed by atoms with van der Waals surface area (Å²) in [5.74, 6) is 1.11. The summed E-state index contributed by atoms with van der Waals surface area (Å²) in [4.78, 5) is 1.18. The lowest BCUT2D eigenvalue weighted by atomic mass is 9.97. The van der Waals surface area contributed by atoms with Gasteiger partial charge in [0.1, 0.15) is 12.4 Å². The molecule has 0 atom stereocenters. The lowest BCUT2D eigenvalue weighted by molar-refractivity contribution is 0.307. The minimum atomic E-state index is 0.223. The van der Waals surface area contributed by atoms with Crippen LogP contribution in [0.3, 0.4) is 0 Å². The molecule has 0 amide bonds. The number of hydrogen-bond acceptors (Lipinski definition) is 3. The Labute approximate surface area is 181 Å². The highest BCUT2D eigenvalue weighted by Gasteiger charge is 2.12. The molecule has 0 radical (unpaired) electrons. The predicted molar refractivity (Wildman–Crippen MR) is 126 cm³/mol. The molecule has 0 spiro atoms. The summed E-state index contributed by atoms with van der Waals surface area (Å²) >= 11 is 1.72. The van der Waals surface area contributed by atoms with Crippen molar-refractivity contribution in [3.05, 3.63) is 114 Å². The van der Waals surface area contributed by atoms with Gasteiger partial charge in [-0.15, -0.1) is 11.3 Å². The normalized spacial score (nSPS) is 10.7. The van der Waals surface area contributed by atoms with E-state index < -0.39 is 0 Å². The summed E-state index contributed by atoms with van der Waals surface area (Å²) in [6.07, 6.45) is 1.34. The zero-order valence-corrected chi connectivity index (χ0v) is 17.6. The molecule has 3 aromatic carbocycles. The molecular formula is C27H24O2S. The first-order valence-corrected chi connectivity index (χ1v) is 10.9. The van der Waals surface area contributed by atoms with Crippen LogP contribution in [0.4, 0.5) is 0 Å². The fourth-order valence-electron chi connectivity index (χ4n) is 3.45. The van der Waals surface area contributed by atoms with E-state index in [9.17, 15) is 5.11 Å². The third-order valence-corrected chi connectivity index (χ3v) is 5.96. The summed E-state index contributed by atoms with van der Waals surface area (Å²) < 4.78 is 6.15. The van der Waals surface area contributed by atoms with Crippen molar-refractivity contribution >= 4 is 11.3 Å². The van der Waals surface area contributed by atoms with E-state index in [4.69, 9.17) is 4.74 Å². The van der Waals surface area contributed by atoms with Crippen molar-refractivity contribution in [3.8, 4) is 27.3 Å². The van der Waals surface area contributed by atoms with E-state index in [-0.39, 0.29) is 5.76 Å². The van der Waals surface area contributed by atoms with Gasteiger partial charge in [0.15, 0.2) is 0 Å². The van der Waals surface area contributed by atoms with Crippen LogP contribution < -0.4 is 4.74 Å². The zero-order chi connectivity index (χ0) is 20.8. The smallest absolute Gasteiger partial charge is 0.128 e. The van der Waals surface area contributed by atoms with Gasteiger partial charge in [0.05, 0.1) is 5.76 Å². The van der Waals surface area contributed by atoms with Gasteiger partial charge in [-0.1, -0.05) is 73.3 Å². The first-order valence-electron chi connectivity index (χ1n) is 10.0. The van der Waals surface area contributed by atoms with E-state index in [1.807, 2.05) is 42.5 Å². The largest absolute Gasteiger partial charge is 0.513 e. The highest BCUT2D eigenvalue weighted by atomic mass is 32.1. The zero-order valence-electron chi connectivity index (χ0n) is 16.8. The van der Waals surface area contributed by atoms with Gasteiger partial charge >= 0.3 is 0 Å². The number of aryl methyl sites for hydroxylation is 1. The van der Waals surface area contributed by atoms with E-state index in [0.717, 1.165) is 23.3 Å². The Morgan fingerprint density at radius 1 is 0.867 bits per heavy atom. The molecule has 1 aromatic heterocycles. The lowest BCUT2D eigenvalue weighted by Gasteiger charge is -2.10. The van der Waals surface area contributed by atoms with Crippen molar-refractivity contribution < 1.29 is 9.84 Å². The number of ether oxygens (including phenoxy) is 1. The molecule has 1 N–H and O–H groups in total. The molecule has 0 saturated carbocycles. The Morgan fingerprint density at radius 2 is 1.57 bits per heavy atom. The Hall–Kier alpha value is -3.30. The average molecular weight is 413 g/mol. The molecule has 0 fully saturated rings. The second kappa shape index (κ2) is 9.47. The van der Waals surface area contributed by atoms with Gasteiger partial charge in [-0.2, -0.15) is 0 Å². The molecule has 0 aliphatic heterocycles. The van der Waals surface area contributed by atoms with Crippen LogP contribution in [0.5, 0.6) is 5.75 Å². The maximum absolute atomic E-state index is 9.49. The van der Waals surface area contributed by atoms with Crippen LogP contribution in [0.25, 0.3) is 21.6 Å². The molecule has 2 nitrogen and oxygen atoms in total. The van der Waals surface area contributed by atoms with Gasteiger partial charge in [0.2, 0.25) is 0 Å². The Morgan fingerprint density at radius 3 is 2.37 bits per heavy atom. The van der Waals surface area contributed by atoms with Gasteiger partial charge in [-0.25, -0.2) is 0 Å². The van der Waals surface area contributed by atoms with Crippen molar-refractivity contribution in [1.29, 1.82) is 0 Å². The van der Waals surface area contributed by atoms with Crippen molar-refractivity contribution in [2.75, 3.05) is 0 Å². The quantitative estimate of drug-likeness (QED) is 0.301. The van der Waals surface area contributed by atoms with Crippen LogP contribution in [0, 0.1) is 0 Å². The summed E-state index contributed by atoms with van der Waals surface area (Å²) in [6.45, 7) is 4.15. The number of allylic oxidation sites excluding steroid dienone is 1. The molecule has 0 bridgehead atoms. The van der Waals surface area contributed by atoms with Crippen molar-refractivity contribution in [3.63, 3.8) is 0 Å². The van der Waals surface area contributed by atoms with Gasteiger partial charge < -0.3 is 9.84 Å². The van der Waals surface area contributed by atoms with Crippen LogP contribution in [0.2, 0.25) is 0 Å². The fraction of sp³-hybridized carbons (Fsp3) is 0.111. The molecular weight excluding hydrogens is 388 g/mol. The number of benzene rings is 3. The third-order valence-electron chi connectivity index (χ3n) is 5.00. The first kappa shape index (κ1) is 20.0. The minimum Gasteiger partial charge on any atom is -0.513 e. The number of thiophene rings is 1. The molecule has 0 aliphatic rings. The van der Waals surface area contributed by atoms with Crippen LogP contribution in [0.1, 0.15) is 17.5 Å². The van der Waals surface area contributed by atoms with Crippen LogP contribution >= 0.6 is 11.3 Å². The second-order valence-corrected chi connectivity index (χ2v) is 8.10. The number of aliphatic hydroxyl groups is 1. The summed E-state index contributed by atoms with van der Waals surface area (Å²) in [5.41, 5.74) is 5.85. The highest BCUT2D eigenvalue weighted by Crippen LogP contribution is 2.38. The first-order chi connectivity index (χ1) is 14.7. The molecule has 30 heavy (non-hydrogen) atoms. The van der Waals surface area contributed by atoms with E-state index in [1.54, 1.807) is 11.3 Å². The van der Waals surface area contributed by atoms with E-state index in [0.29, 0.717) is 13.0 Å². The number of para-hydroxylation sites is 1. The Kier molecular flexibility index (Phi) is 6.31. The predicted octanol–water partition coefficient (Wildman–Crippen LogP) is 7.67. The van der Waals surface area contributed by atoms with E-state index >= 15 is 0 Å². The molecule has 0 saturated heterocycles. The van der Waals surface area contributed by atoms with Crippen LogP contribution in [0.15, 0.2) is 103 Å². The highest BCUT2D eigenvalue weighted by molar-refractivity contribution is 7.14. The average Bonchev–Trinajstić information content (AvgIpc) is 3.27.